The molecule has 9 aromatic carbocycles. The van der Waals surface area contributed by atoms with Crippen molar-refractivity contribution in [1.82, 2.24) is 4.57 Å². The fraction of sp³-hybridized carbons (Fsp3) is 0. The van der Waals surface area contributed by atoms with Gasteiger partial charge in [-0.3, -0.25) is 0 Å². The Balaban J connectivity index is 1.11. The van der Waals surface area contributed by atoms with E-state index in [1.807, 2.05) is 12.1 Å². The fourth-order valence-electron chi connectivity index (χ4n) is 8.54. The molecule has 0 bridgehead atoms. The molecule has 2 aromatic heterocycles. The van der Waals surface area contributed by atoms with E-state index >= 15 is 0 Å². The molecule has 3 heteroatoms. The van der Waals surface area contributed by atoms with Gasteiger partial charge in [-0.15, -0.1) is 0 Å². The molecule has 268 valence electrons. The maximum Gasteiger partial charge on any atom is 0.135 e. The van der Waals surface area contributed by atoms with Gasteiger partial charge in [-0.25, -0.2) is 0 Å². The lowest BCUT2D eigenvalue weighted by Crippen LogP contribution is -2.10. The molecule has 3 nitrogen and oxygen atoms in total. The van der Waals surface area contributed by atoms with Gasteiger partial charge in [0.1, 0.15) is 11.2 Å². The monoisotopic (exact) mass is 728 g/mol. The number of rotatable bonds is 7. The summed E-state index contributed by atoms with van der Waals surface area (Å²) in [5.41, 5.74) is 15.5. The van der Waals surface area contributed by atoms with Crippen LogP contribution in [0.1, 0.15) is 0 Å². The molecule has 0 amide bonds. The lowest BCUT2D eigenvalue weighted by Gasteiger charge is -2.27. The average molecular weight is 729 g/mol. The Kier molecular flexibility index (Phi) is 7.82. The molecule has 0 atom stereocenters. The van der Waals surface area contributed by atoms with Crippen molar-refractivity contribution >= 4 is 60.8 Å². The van der Waals surface area contributed by atoms with Crippen molar-refractivity contribution in [1.29, 1.82) is 0 Å². The third-order valence-electron chi connectivity index (χ3n) is 11.2. The number of fused-ring (bicyclic) bond motifs is 6. The van der Waals surface area contributed by atoms with Gasteiger partial charge in [0.25, 0.3) is 0 Å². The van der Waals surface area contributed by atoms with Crippen molar-refractivity contribution in [2.24, 2.45) is 0 Å². The maximum absolute atomic E-state index is 6.29. The zero-order valence-corrected chi connectivity index (χ0v) is 31.1. The van der Waals surface area contributed by atoms with Crippen molar-refractivity contribution in [2.45, 2.75) is 0 Å². The van der Waals surface area contributed by atoms with E-state index in [9.17, 15) is 0 Å². The van der Waals surface area contributed by atoms with Crippen LogP contribution in [0.15, 0.2) is 223 Å². The van der Waals surface area contributed by atoms with Gasteiger partial charge in [-0.05, 0) is 112 Å². The van der Waals surface area contributed by atoms with Gasteiger partial charge in [0, 0.05) is 44.3 Å². The smallest absolute Gasteiger partial charge is 0.135 e. The maximum atomic E-state index is 6.29. The van der Waals surface area contributed by atoms with Crippen LogP contribution in [0.3, 0.4) is 0 Å². The molecule has 0 fully saturated rings. The summed E-state index contributed by atoms with van der Waals surface area (Å²) in [6, 6.07) is 78.2. The highest BCUT2D eigenvalue weighted by Crippen LogP contribution is 2.44. The van der Waals surface area contributed by atoms with Gasteiger partial charge in [0.15, 0.2) is 0 Å². The molecule has 0 spiro atoms. The molecule has 2 heterocycles. The summed E-state index contributed by atoms with van der Waals surface area (Å²) in [5, 5.41) is 4.69. The van der Waals surface area contributed by atoms with E-state index in [0.29, 0.717) is 0 Å². The second kappa shape index (κ2) is 13.6. The number of para-hydroxylation sites is 3. The van der Waals surface area contributed by atoms with Crippen LogP contribution in [0, 0.1) is 0 Å². The van der Waals surface area contributed by atoms with E-state index in [4.69, 9.17) is 4.42 Å². The van der Waals surface area contributed by atoms with Crippen molar-refractivity contribution in [3.8, 4) is 39.1 Å². The highest BCUT2D eigenvalue weighted by Gasteiger charge is 2.20. The van der Waals surface area contributed by atoms with Crippen LogP contribution in [-0.2, 0) is 0 Å². The number of benzene rings is 9. The molecular weight excluding hydrogens is 693 g/mol. The lowest BCUT2D eigenvalue weighted by molar-refractivity contribution is 0.669. The van der Waals surface area contributed by atoms with Crippen molar-refractivity contribution in [3.05, 3.63) is 218 Å². The zero-order valence-electron chi connectivity index (χ0n) is 31.1. The SMILES string of the molecule is c1ccc(-c2cc(-c3ccccc3)cc(N(c3ccc(-c4cccc5c4c4ccccc4n5-c4ccccc4)cc3)c3ccc4oc5ccccc5c4c3)c2)cc1. The predicted molar refractivity (Wildman–Crippen MR) is 239 cm³/mol. The van der Waals surface area contributed by atoms with Gasteiger partial charge < -0.3 is 13.9 Å². The van der Waals surface area contributed by atoms with E-state index < -0.39 is 0 Å². The van der Waals surface area contributed by atoms with Gasteiger partial charge in [0.05, 0.1) is 11.0 Å². The Labute approximate surface area is 330 Å². The Hall–Kier alpha value is -7.62. The van der Waals surface area contributed by atoms with Gasteiger partial charge in [-0.2, -0.15) is 0 Å². The number of hydrogen-bond acceptors (Lipinski definition) is 2. The molecule has 0 aliphatic carbocycles. The third kappa shape index (κ3) is 5.68. The quantitative estimate of drug-likeness (QED) is 0.163. The Morgan fingerprint density at radius 2 is 0.912 bits per heavy atom. The Bertz CT molecular complexity index is 3160. The molecule has 0 saturated carbocycles. The molecule has 0 saturated heterocycles. The summed E-state index contributed by atoms with van der Waals surface area (Å²) >= 11 is 0. The number of nitrogens with zero attached hydrogens (tertiary/aromatic N) is 2. The predicted octanol–water partition coefficient (Wildman–Crippen LogP) is 15.2. The van der Waals surface area contributed by atoms with Crippen molar-refractivity contribution in [3.63, 3.8) is 0 Å². The lowest BCUT2D eigenvalue weighted by atomic mass is 9.96. The molecule has 0 aliphatic rings. The Morgan fingerprint density at radius 1 is 0.333 bits per heavy atom. The summed E-state index contributed by atoms with van der Waals surface area (Å²) in [5.74, 6) is 0. The third-order valence-corrected chi connectivity index (χ3v) is 11.2. The van der Waals surface area contributed by atoms with E-state index in [1.165, 1.54) is 44.1 Å². The summed E-state index contributed by atoms with van der Waals surface area (Å²) in [6.45, 7) is 0. The van der Waals surface area contributed by atoms with Crippen LogP contribution >= 0.6 is 0 Å². The molecule has 0 N–H and O–H groups in total. The van der Waals surface area contributed by atoms with E-state index in [-0.39, 0.29) is 0 Å². The summed E-state index contributed by atoms with van der Waals surface area (Å²) in [7, 11) is 0. The zero-order chi connectivity index (χ0) is 37.7. The highest BCUT2D eigenvalue weighted by atomic mass is 16.3. The van der Waals surface area contributed by atoms with Crippen LogP contribution in [0.4, 0.5) is 17.1 Å². The number of anilines is 3. The fourth-order valence-corrected chi connectivity index (χ4v) is 8.54. The summed E-state index contributed by atoms with van der Waals surface area (Å²) in [6.07, 6.45) is 0. The first-order valence-electron chi connectivity index (χ1n) is 19.4. The number of hydrogen-bond donors (Lipinski definition) is 0. The van der Waals surface area contributed by atoms with Crippen molar-refractivity contribution in [2.75, 3.05) is 4.90 Å². The van der Waals surface area contributed by atoms with Gasteiger partial charge in [-0.1, -0.05) is 140 Å². The minimum atomic E-state index is 0.876. The van der Waals surface area contributed by atoms with Crippen molar-refractivity contribution < 1.29 is 4.42 Å². The molecule has 11 aromatic rings. The second-order valence-electron chi connectivity index (χ2n) is 14.5. The van der Waals surface area contributed by atoms with E-state index in [1.54, 1.807) is 0 Å². The van der Waals surface area contributed by atoms with E-state index in [0.717, 1.165) is 55.8 Å². The normalized spacial score (nSPS) is 11.5. The first kappa shape index (κ1) is 32.8. The molecule has 57 heavy (non-hydrogen) atoms. The average Bonchev–Trinajstić information content (AvgIpc) is 3.83. The standard InChI is InChI=1S/C54H36N2O/c1-4-15-37(16-5-1)40-33-41(38-17-6-2-7-18-38)35-45(34-40)55(44-31-32-53-49(36-44)47-21-11-13-26-52(47)57-53)43-29-27-39(28-30-43)46-23-14-25-51-54(46)48-22-10-12-24-50(48)56(51)42-19-8-3-9-20-42/h1-36H. The molecule has 0 aliphatic heterocycles. The minimum absolute atomic E-state index is 0.876. The summed E-state index contributed by atoms with van der Waals surface area (Å²) in [4.78, 5) is 2.38. The molecule has 11 rings (SSSR count). The summed E-state index contributed by atoms with van der Waals surface area (Å²) < 4.78 is 8.67. The second-order valence-corrected chi connectivity index (χ2v) is 14.5. The Morgan fingerprint density at radius 3 is 1.63 bits per heavy atom. The van der Waals surface area contributed by atoms with Gasteiger partial charge in [0.2, 0.25) is 0 Å². The number of furan rings is 1. The van der Waals surface area contributed by atoms with Gasteiger partial charge >= 0.3 is 0 Å². The largest absolute Gasteiger partial charge is 0.456 e. The highest BCUT2D eigenvalue weighted by molar-refractivity contribution is 6.16. The number of aromatic nitrogens is 1. The van der Waals surface area contributed by atoms with Crippen LogP contribution in [0.2, 0.25) is 0 Å². The molecular formula is C54H36N2O. The molecule has 0 unspecified atom stereocenters. The van der Waals surface area contributed by atoms with Crippen LogP contribution in [-0.4, -0.2) is 4.57 Å². The minimum Gasteiger partial charge on any atom is -0.456 e. The van der Waals surface area contributed by atoms with Crippen LogP contribution in [0.25, 0.3) is 82.8 Å². The molecule has 0 radical (unpaired) electrons. The van der Waals surface area contributed by atoms with Crippen LogP contribution in [0.5, 0.6) is 0 Å². The first-order chi connectivity index (χ1) is 28.3. The topological polar surface area (TPSA) is 21.3 Å². The van der Waals surface area contributed by atoms with Crippen LogP contribution < -0.4 is 4.90 Å². The van der Waals surface area contributed by atoms with E-state index in [2.05, 4.69) is 216 Å². The first-order valence-corrected chi connectivity index (χ1v) is 19.4.